The summed E-state index contributed by atoms with van der Waals surface area (Å²) in [5, 5.41) is 18.2. The quantitative estimate of drug-likeness (QED) is 0.0988. The van der Waals surface area contributed by atoms with Crippen LogP contribution < -0.4 is 18.9 Å². The molecule has 1 heterocycles. The van der Waals surface area contributed by atoms with Crippen LogP contribution in [0.1, 0.15) is 92.1 Å². The number of carboxylic acid groups (broad SMARTS) is 2. The van der Waals surface area contributed by atoms with E-state index in [0.717, 1.165) is 80.0 Å². The second kappa shape index (κ2) is 16.9. The van der Waals surface area contributed by atoms with Gasteiger partial charge < -0.3 is 29.2 Å². The number of carboxylic acids is 2. The molecular weight excluding hydrogens is 600 g/mol. The van der Waals surface area contributed by atoms with Crippen molar-refractivity contribution >= 4 is 17.7 Å². The highest BCUT2D eigenvalue weighted by Gasteiger charge is 2.25. The Labute approximate surface area is 275 Å². The van der Waals surface area contributed by atoms with E-state index in [9.17, 15) is 19.5 Å². The molecule has 0 radical (unpaired) electrons. The van der Waals surface area contributed by atoms with E-state index >= 15 is 0 Å². The maximum atomic E-state index is 13.4. The number of carbonyl (C=O) groups is 3. The van der Waals surface area contributed by atoms with Gasteiger partial charge in [0.15, 0.2) is 17.3 Å². The van der Waals surface area contributed by atoms with Crippen molar-refractivity contribution in [2.45, 2.75) is 83.5 Å². The Hall–Kier alpha value is -4.53. The van der Waals surface area contributed by atoms with E-state index in [2.05, 4.69) is 0 Å². The Morgan fingerprint density at radius 1 is 0.723 bits per heavy atom. The van der Waals surface area contributed by atoms with Crippen molar-refractivity contribution in [3.63, 3.8) is 0 Å². The lowest BCUT2D eigenvalue weighted by Gasteiger charge is -2.15. The first kappa shape index (κ1) is 33.8. The van der Waals surface area contributed by atoms with Crippen LogP contribution in [0.4, 0.5) is 0 Å². The summed E-state index contributed by atoms with van der Waals surface area (Å²) in [6.07, 6.45) is 9.39. The maximum absolute atomic E-state index is 13.4. The summed E-state index contributed by atoms with van der Waals surface area (Å²) in [6.45, 7) is 1.01. The lowest BCUT2D eigenvalue weighted by atomic mass is 9.93. The van der Waals surface area contributed by atoms with E-state index in [1.807, 2.05) is 54.6 Å². The van der Waals surface area contributed by atoms with Crippen LogP contribution >= 0.6 is 0 Å². The smallest absolute Gasteiger partial charge is 0.303 e. The van der Waals surface area contributed by atoms with Gasteiger partial charge >= 0.3 is 11.9 Å². The Balaban J connectivity index is 1.15. The van der Waals surface area contributed by atoms with Gasteiger partial charge in [-0.3, -0.25) is 14.4 Å². The molecule has 250 valence electrons. The van der Waals surface area contributed by atoms with E-state index in [-0.39, 0.29) is 37.9 Å². The largest absolute Gasteiger partial charge is 0.494 e. The minimum absolute atomic E-state index is 0.00364. The molecule has 0 spiro atoms. The van der Waals surface area contributed by atoms with E-state index < -0.39 is 11.9 Å². The second-order valence-electron chi connectivity index (χ2n) is 12.3. The molecule has 0 unspecified atom stereocenters. The SMILES string of the molecule is O=C(O)CCCOc1cccc(CCCCCCOc2cc(C(=O)C3CCCC3)cc(-c3ccc4c(c3)OCO4)c2)c1CCC(=O)O. The molecule has 5 rings (SSSR count). The van der Waals surface area contributed by atoms with Gasteiger partial charge in [-0.15, -0.1) is 0 Å². The number of hydrogen-bond acceptors (Lipinski definition) is 7. The lowest BCUT2D eigenvalue weighted by Crippen LogP contribution is -2.11. The number of aliphatic carboxylic acids is 2. The third kappa shape index (κ3) is 9.73. The Morgan fingerprint density at radius 2 is 1.49 bits per heavy atom. The van der Waals surface area contributed by atoms with Crippen molar-refractivity contribution in [1.82, 2.24) is 0 Å². The zero-order valence-corrected chi connectivity index (χ0v) is 26.8. The zero-order valence-electron chi connectivity index (χ0n) is 26.8. The highest BCUT2D eigenvalue weighted by Crippen LogP contribution is 2.38. The molecule has 0 bridgehead atoms. The lowest BCUT2D eigenvalue weighted by molar-refractivity contribution is -0.138. The first-order valence-electron chi connectivity index (χ1n) is 16.8. The molecule has 2 aliphatic rings. The minimum Gasteiger partial charge on any atom is -0.494 e. The van der Waals surface area contributed by atoms with Gasteiger partial charge in [0.2, 0.25) is 6.79 Å². The molecule has 0 amide bonds. The van der Waals surface area contributed by atoms with E-state index in [1.54, 1.807) is 0 Å². The monoisotopic (exact) mass is 644 g/mol. The fourth-order valence-corrected chi connectivity index (χ4v) is 6.35. The molecule has 0 saturated heterocycles. The van der Waals surface area contributed by atoms with Crippen LogP contribution in [0.3, 0.4) is 0 Å². The fraction of sp³-hybridized carbons (Fsp3) is 0.447. The van der Waals surface area contributed by atoms with Crippen molar-refractivity contribution in [2.75, 3.05) is 20.0 Å². The average Bonchev–Trinajstić information content (AvgIpc) is 3.78. The third-order valence-corrected chi connectivity index (χ3v) is 8.84. The summed E-state index contributed by atoms with van der Waals surface area (Å²) < 4.78 is 23.1. The summed E-state index contributed by atoms with van der Waals surface area (Å²) in [5.74, 6) is 1.26. The Bertz CT molecular complexity index is 1540. The Morgan fingerprint density at radius 3 is 2.30 bits per heavy atom. The van der Waals surface area contributed by atoms with Crippen LogP contribution in [0.5, 0.6) is 23.0 Å². The molecule has 9 heteroatoms. The molecule has 0 aromatic heterocycles. The number of hydrogen-bond donors (Lipinski definition) is 2. The van der Waals surface area contributed by atoms with Crippen LogP contribution in [0.2, 0.25) is 0 Å². The van der Waals surface area contributed by atoms with E-state index in [1.165, 1.54) is 0 Å². The van der Waals surface area contributed by atoms with E-state index in [0.29, 0.717) is 48.0 Å². The third-order valence-electron chi connectivity index (χ3n) is 8.84. The van der Waals surface area contributed by atoms with E-state index in [4.69, 9.17) is 24.1 Å². The summed E-state index contributed by atoms with van der Waals surface area (Å²) in [7, 11) is 0. The van der Waals surface area contributed by atoms with Crippen molar-refractivity contribution in [2.24, 2.45) is 5.92 Å². The van der Waals surface area contributed by atoms with Crippen LogP contribution in [-0.4, -0.2) is 47.9 Å². The Kier molecular flexibility index (Phi) is 12.1. The molecule has 2 N–H and O–H groups in total. The number of carbonyl (C=O) groups excluding carboxylic acids is 1. The summed E-state index contributed by atoms with van der Waals surface area (Å²) in [4.78, 5) is 35.5. The molecule has 47 heavy (non-hydrogen) atoms. The fourth-order valence-electron chi connectivity index (χ4n) is 6.35. The number of benzene rings is 3. The summed E-state index contributed by atoms with van der Waals surface area (Å²) in [6, 6.07) is 17.4. The molecule has 1 aliphatic carbocycles. The predicted molar refractivity (Wildman–Crippen MR) is 177 cm³/mol. The highest BCUT2D eigenvalue weighted by molar-refractivity contribution is 5.99. The van der Waals surface area contributed by atoms with Crippen LogP contribution in [0, 0.1) is 5.92 Å². The van der Waals surface area contributed by atoms with Gasteiger partial charge in [-0.25, -0.2) is 0 Å². The van der Waals surface area contributed by atoms with Gasteiger partial charge in [-0.2, -0.15) is 0 Å². The molecular formula is C38H44O9. The molecule has 1 aliphatic heterocycles. The molecule has 1 fully saturated rings. The number of Topliss-reactive ketones (excluding diaryl/α,β-unsaturated/α-hetero) is 1. The molecule has 3 aromatic carbocycles. The first-order valence-corrected chi connectivity index (χ1v) is 16.8. The molecule has 0 atom stereocenters. The predicted octanol–water partition coefficient (Wildman–Crippen LogP) is 7.90. The van der Waals surface area contributed by atoms with Crippen molar-refractivity contribution in [1.29, 1.82) is 0 Å². The summed E-state index contributed by atoms with van der Waals surface area (Å²) in [5.41, 5.74) is 4.50. The minimum atomic E-state index is -0.868. The van der Waals surface area contributed by atoms with Gasteiger partial charge in [-0.1, -0.05) is 43.9 Å². The van der Waals surface area contributed by atoms with Gasteiger partial charge in [0, 0.05) is 24.3 Å². The van der Waals surface area contributed by atoms with Crippen LogP contribution in [-0.2, 0) is 22.4 Å². The molecule has 1 saturated carbocycles. The highest BCUT2D eigenvalue weighted by atomic mass is 16.7. The molecule has 3 aromatic rings. The van der Waals surface area contributed by atoms with Gasteiger partial charge in [0.1, 0.15) is 11.5 Å². The number of ether oxygens (including phenoxy) is 4. The van der Waals surface area contributed by atoms with Crippen molar-refractivity contribution < 1.29 is 43.5 Å². The number of rotatable bonds is 19. The second-order valence-corrected chi connectivity index (χ2v) is 12.3. The number of ketones is 1. The number of aryl methyl sites for hydroxylation is 1. The first-order chi connectivity index (χ1) is 22.9. The molecule has 9 nitrogen and oxygen atoms in total. The zero-order chi connectivity index (χ0) is 33.0. The number of fused-ring (bicyclic) bond motifs is 1. The number of unbranched alkanes of at least 4 members (excludes halogenated alkanes) is 3. The van der Waals surface area contributed by atoms with Gasteiger partial charge in [0.25, 0.3) is 0 Å². The van der Waals surface area contributed by atoms with Crippen molar-refractivity contribution in [3.05, 3.63) is 71.3 Å². The van der Waals surface area contributed by atoms with Crippen LogP contribution in [0.15, 0.2) is 54.6 Å². The van der Waals surface area contributed by atoms with Crippen LogP contribution in [0.25, 0.3) is 11.1 Å². The topological polar surface area (TPSA) is 129 Å². The van der Waals surface area contributed by atoms with Gasteiger partial charge in [-0.05, 0) is 104 Å². The standard InChI is InChI=1S/C38H44O9/c39-36(40)14-8-20-45-33-13-7-12-26(32(33)16-18-37(41)42)9-3-1-2-6-19-44-31-22-29(28-15-17-34-35(24-28)47-25-46-34)21-30(23-31)38(43)27-10-4-5-11-27/h7,12-13,15,17,21-24,27H,1-6,8-11,14,16,18-20,25H2,(H,39,40)(H,41,42). The van der Waals surface area contributed by atoms with Crippen molar-refractivity contribution in [3.8, 4) is 34.1 Å². The van der Waals surface area contributed by atoms with Gasteiger partial charge in [0.05, 0.1) is 13.2 Å². The normalized spacial score (nSPS) is 13.9. The average molecular weight is 645 g/mol. The maximum Gasteiger partial charge on any atom is 0.303 e. The summed E-state index contributed by atoms with van der Waals surface area (Å²) >= 11 is 0.